The van der Waals surface area contributed by atoms with Crippen LogP contribution in [-0.2, 0) is 5.41 Å². The van der Waals surface area contributed by atoms with Crippen LogP contribution in [0.4, 0.5) is 5.69 Å². The molecule has 0 aromatic heterocycles. The Kier molecular flexibility index (Phi) is 2.41. The molecule has 20 heavy (non-hydrogen) atoms. The van der Waals surface area contributed by atoms with Crippen LogP contribution in [0.15, 0.2) is 18.2 Å². The van der Waals surface area contributed by atoms with Crippen molar-refractivity contribution in [3.63, 3.8) is 0 Å². The average molecular weight is 272 g/mol. The van der Waals surface area contributed by atoms with E-state index >= 15 is 0 Å². The van der Waals surface area contributed by atoms with Gasteiger partial charge in [0, 0.05) is 6.07 Å². The van der Waals surface area contributed by atoms with E-state index in [1.165, 1.54) is 25.3 Å². The van der Waals surface area contributed by atoms with E-state index in [4.69, 9.17) is 0 Å². The number of rotatable bonds is 2. The summed E-state index contributed by atoms with van der Waals surface area (Å²) in [5.41, 5.74) is 0.911. The summed E-state index contributed by atoms with van der Waals surface area (Å²) in [7, 11) is 0. The predicted molar refractivity (Wildman–Crippen MR) is 72.4 cm³/mol. The molecular weight excluding hydrogens is 254 g/mol. The summed E-state index contributed by atoms with van der Waals surface area (Å²) in [4.78, 5) is 10.5. The van der Waals surface area contributed by atoms with Crippen LogP contribution in [0.5, 0.6) is 5.75 Å². The predicted octanol–water partition coefficient (Wildman–Crippen LogP) is 3.14. The third kappa shape index (κ3) is 1.67. The third-order valence-corrected chi connectivity index (χ3v) is 5.81. The molecule has 4 bridgehead atoms. The lowest BCUT2D eigenvalue weighted by Crippen LogP contribution is -2.48. The number of benzene rings is 1. The molecule has 1 aromatic carbocycles. The number of nitrogens with zero attached hydrogens (tertiary/aromatic N) is 1. The summed E-state index contributed by atoms with van der Waals surface area (Å²) >= 11 is 0. The molecule has 0 spiro atoms. The molecule has 0 amide bonds. The van der Waals surface area contributed by atoms with Crippen molar-refractivity contribution in [2.24, 2.45) is 17.8 Å². The topological polar surface area (TPSA) is 66.2 Å². The fourth-order valence-electron chi connectivity index (χ4n) is 5.45. The van der Waals surface area contributed by atoms with Crippen LogP contribution in [0.2, 0.25) is 0 Å². The summed E-state index contributed by atoms with van der Waals surface area (Å²) in [5.74, 6) is 1.93. The van der Waals surface area contributed by atoms with Crippen molar-refractivity contribution in [1.82, 2.24) is 0 Å². The molecule has 4 saturated carbocycles. The van der Waals surface area contributed by atoms with Gasteiger partial charge in [-0.1, -0.05) is 12.1 Å². The van der Waals surface area contributed by atoms with E-state index in [-0.39, 0.29) is 11.1 Å². The van der Waals surface area contributed by atoms with Crippen LogP contribution in [0.25, 0.3) is 0 Å². The van der Waals surface area contributed by atoms with E-state index in [0.29, 0.717) is 0 Å². The van der Waals surface area contributed by atoms with Crippen LogP contribution in [0, 0.1) is 27.9 Å². The SMILES string of the molecule is O=[N+]([O-])c1cc(C23CC4CC(CC(C4)C2)C3)ccc1[O-]. The second kappa shape index (κ2) is 3.96. The standard InChI is InChI=1S/C16H19NO3/c18-15-2-1-13(6-14(15)17(19)20)16-7-10-3-11(8-16)5-12(4-10)9-16/h1-2,6,10-12,18H,3-5,7-9H2/p-1. The lowest BCUT2D eigenvalue weighted by molar-refractivity contribution is -0.398. The van der Waals surface area contributed by atoms with Crippen LogP contribution in [-0.4, -0.2) is 4.92 Å². The van der Waals surface area contributed by atoms with Crippen molar-refractivity contribution in [2.45, 2.75) is 43.9 Å². The van der Waals surface area contributed by atoms with Crippen molar-refractivity contribution in [3.8, 4) is 5.75 Å². The van der Waals surface area contributed by atoms with Crippen LogP contribution in [0.1, 0.15) is 44.1 Å². The number of nitro benzene ring substituents is 1. The average Bonchev–Trinajstić information content (AvgIpc) is 2.37. The molecule has 4 aliphatic carbocycles. The van der Waals surface area contributed by atoms with Gasteiger partial charge in [0.1, 0.15) is 0 Å². The molecule has 4 nitrogen and oxygen atoms in total. The van der Waals surface area contributed by atoms with Crippen molar-refractivity contribution >= 4 is 5.69 Å². The van der Waals surface area contributed by atoms with Crippen molar-refractivity contribution in [3.05, 3.63) is 33.9 Å². The van der Waals surface area contributed by atoms with E-state index < -0.39 is 10.7 Å². The largest absolute Gasteiger partial charge is 0.868 e. The highest BCUT2D eigenvalue weighted by atomic mass is 16.6. The highest BCUT2D eigenvalue weighted by Gasteiger charge is 2.51. The van der Waals surface area contributed by atoms with Crippen molar-refractivity contribution < 1.29 is 10.0 Å². The molecule has 106 valence electrons. The Bertz CT molecular complexity index is 546. The molecule has 4 aliphatic rings. The Morgan fingerprint density at radius 3 is 2.10 bits per heavy atom. The van der Waals surface area contributed by atoms with Gasteiger partial charge >= 0.3 is 0 Å². The Morgan fingerprint density at radius 2 is 1.60 bits per heavy atom. The van der Waals surface area contributed by atoms with E-state index in [1.807, 2.05) is 6.07 Å². The molecule has 0 saturated heterocycles. The Labute approximate surface area is 118 Å². The van der Waals surface area contributed by atoms with E-state index in [0.717, 1.165) is 42.6 Å². The number of hydrogen-bond acceptors (Lipinski definition) is 3. The summed E-state index contributed by atoms with van der Waals surface area (Å²) in [6.45, 7) is 0. The maximum Gasteiger partial charge on any atom is 0.262 e. The Morgan fingerprint density at radius 1 is 1.05 bits per heavy atom. The monoisotopic (exact) mass is 272 g/mol. The van der Waals surface area contributed by atoms with Gasteiger partial charge in [0.2, 0.25) is 0 Å². The van der Waals surface area contributed by atoms with Gasteiger partial charge in [-0.2, -0.15) is 0 Å². The molecule has 0 unspecified atom stereocenters. The van der Waals surface area contributed by atoms with Gasteiger partial charge in [0.05, 0.1) is 4.92 Å². The summed E-state index contributed by atoms with van der Waals surface area (Å²) in [5, 5.41) is 22.6. The van der Waals surface area contributed by atoms with Gasteiger partial charge in [-0.15, -0.1) is 0 Å². The number of nitro groups is 1. The highest BCUT2D eigenvalue weighted by molar-refractivity contribution is 5.49. The van der Waals surface area contributed by atoms with Crippen LogP contribution < -0.4 is 5.11 Å². The fraction of sp³-hybridized carbons (Fsp3) is 0.625. The van der Waals surface area contributed by atoms with E-state index in [1.54, 1.807) is 6.07 Å². The first-order valence-corrected chi connectivity index (χ1v) is 7.52. The van der Waals surface area contributed by atoms with Crippen LogP contribution in [0.3, 0.4) is 0 Å². The van der Waals surface area contributed by atoms with Gasteiger partial charge in [-0.3, -0.25) is 10.1 Å². The lowest BCUT2D eigenvalue weighted by atomic mass is 9.48. The number of hydrogen-bond donors (Lipinski definition) is 0. The van der Waals surface area contributed by atoms with Crippen LogP contribution >= 0.6 is 0 Å². The molecule has 4 fully saturated rings. The minimum atomic E-state index is -0.535. The normalized spacial score (nSPS) is 38.1. The van der Waals surface area contributed by atoms with Gasteiger partial charge in [0.25, 0.3) is 5.69 Å². The molecule has 0 aliphatic heterocycles. The maximum absolute atomic E-state index is 11.6. The molecule has 4 heteroatoms. The highest BCUT2D eigenvalue weighted by Crippen LogP contribution is 2.61. The van der Waals surface area contributed by atoms with E-state index in [9.17, 15) is 15.2 Å². The zero-order valence-corrected chi connectivity index (χ0v) is 11.4. The molecule has 0 N–H and O–H groups in total. The minimum absolute atomic E-state index is 0.118. The summed E-state index contributed by atoms with van der Waals surface area (Å²) in [6.07, 6.45) is 7.53. The molecule has 0 heterocycles. The summed E-state index contributed by atoms with van der Waals surface area (Å²) < 4.78 is 0. The van der Waals surface area contributed by atoms with Crippen molar-refractivity contribution in [1.29, 1.82) is 0 Å². The first kappa shape index (κ1) is 12.2. The Hall–Kier alpha value is -1.58. The van der Waals surface area contributed by atoms with E-state index in [2.05, 4.69) is 0 Å². The first-order valence-electron chi connectivity index (χ1n) is 7.52. The lowest BCUT2D eigenvalue weighted by Gasteiger charge is -2.57. The summed E-state index contributed by atoms with van der Waals surface area (Å²) in [6, 6.07) is 4.81. The molecule has 1 aromatic rings. The fourth-order valence-corrected chi connectivity index (χ4v) is 5.45. The Balaban J connectivity index is 1.77. The molecular formula is C16H18NO3-. The third-order valence-electron chi connectivity index (χ3n) is 5.81. The zero-order valence-electron chi connectivity index (χ0n) is 11.4. The maximum atomic E-state index is 11.6. The second-order valence-corrected chi connectivity index (χ2v) is 7.14. The molecule has 0 radical (unpaired) electrons. The molecule has 0 atom stereocenters. The van der Waals surface area contributed by atoms with Crippen molar-refractivity contribution in [2.75, 3.05) is 0 Å². The zero-order chi connectivity index (χ0) is 13.9. The first-order chi connectivity index (χ1) is 9.56. The van der Waals surface area contributed by atoms with Gasteiger partial charge in [0.15, 0.2) is 0 Å². The van der Waals surface area contributed by atoms with Gasteiger partial charge in [-0.05, 0) is 73.0 Å². The molecule has 5 rings (SSSR count). The van der Waals surface area contributed by atoms with Gasteiger partial charge < -0.3 is 5.11 Å². The smallest absolute Gasteiger partial charge is 0.262 e. The second-order valence-electron chi connectivity index (χ2n) is 7.14. The quantitative estimate of drug-likeness (QED) is 0.613. The van der Waals surface area contributed by atoms with Gasteiger partial charge in [-0.25, -0.2) is 0 Å². The minimum Gasteiger partial charge on any atom is -0.868 e.